The minimum Gasteiger partial charge on any atom is -0.353 e. The Morgan fingerprint density at radius 3 is 2.25 bits per heavy atom. The van der Waals surface area contributed by atoms with E-state index in [9.17, 15) is 0 Å². The number of hydrogen-bond acceptors (Lipinski definition) is 6. The van der Waals surface area contributed by atoms with Gasteiger partial charge in [0.1, 0.15) is 11.9 Å². The number of fused-ring (bicyclic) bond motifs is 1. The van der Waals surface area contributed by atoms with Crippen molar-refractivity contribution in [3.05, 3.63) is 88.2 Å². The van der Waals surface area contributed by atoms with Gasteiger partial charge in [0, 0.05) is 54.0 Å². The van der Waals surface area contributed by atoms with E-state index in [1.165, 1.54) is 5.56 Å². The molecular weight excluding hydrogens is 464 g/mol. The molecule has 2 aromatic carbocycles. The highest BCUT2D eigenvalue weighted by atomic mass is 79.9. The molecule has 1 saturated heterocycles. The zero-order valence-corrected chi connectivity index (χ0v) is 19.0. The zero-order chi connectivity index (χ0) is 21.9. The van der Waals surface area contributed by atoms with Crippen molar-refractivity contribution in [2.45, 2.75) is 6.42 Å². The Balaban J connectivity index is 1.37. The van der Waals surface area contributed by atoms with Gasteiger partial charge in [0.05, 0.1) is 11.3 Å². The highest BCUT2D eigenvalue weighted by Crippen LogP contribution is 2.28. The van der Waals surface area contributed by atoms with E-state index >= 15 is 0 Å². The average Bonchev–Trinajstić information content (AvgIpc) is 2.86. The van der Waals surface area contributed by atoms with Crippen LogP contribution in [0.3, 0.4) is 0 Å². The van der Waals surface area contributed by atoms with Gasteiger partial charge in [-0.3, -0.25) is 0 Å². The summed E-state index contributed by atoms with van der Waals surface area (Å²) in [7, 11) is 0. The highest BCUT2D eigenvalue weighted by molar-refractivity contribution is 9.10. The number of benzene rings is 2. The van der Waals surface area contributed by atoms with Gasteiger partial charge in [0.15, 0.2) is 5.82 Å². The Bertz CT molecular complexity index is 1270. The van der Waals surface area contributed by atoms with Crippen LogP contribution in [-0.4, -0.2) is 41.4 Å². The van der Waals surface area contributed by atoms with Crippen LogP contribution in [0.15, 0.2) is 71.3 Å². The van der Waals surface area contributed by atoms with Crippen LogP contribution in [0.1, 0.15) is 16.8 Å². The lowest BCUT2D eigenvalue weighted by atomic mass is 10.0. The molecule has 32 heavy (non-hydrogen) atoms. The largest absolute Gasteiger partial charge is 0.353 e. The highest BCUT2D eigenvalue weighted by Gasteiger charge is 2.22. The van der Waals surface area contributed by atoms with Crippen molar-refractivity contribution in [2.75, 3.05) is 36.0 Å². The van der Waals surface area contributed by atoms with Gasteiger partial charge in [-0.2, -0.15) is 10.4 Å². The molecule has 6 nitrogen and oxygen atoms in total. The van der Waals surface area contributed by atoms with Gasteiger partial charge < -0.3 is 9.80 Å². The van der Waals surface area contributed by atoms with E-state index in [-0.39, 0.29) is 0 Å². The monoisotopic (exact) mass is 484 g/mol. The fourth-order valence-electron chi connectivity index (χ4n) is 4.09. The molecule has 0 radical (unpaired) electrons. The number of piperazine rings is 1. The second-order valence-corrected chi connectivity index (χ2v) is 8.73. The van der Waals surface area contributed by atoms with Gasteiger partial charge in [0.2, 0.25) is 0 Å². The summed E-state index contributed by atoms with van der Waals surface area (Å²) in [5.74, 6) is 1.84. The fourth-order valence-corrected chi connectivity index (χ4v) is 4.36. The van der Waals surface area contributed by atoms with Crippen molar-refractivity contribution in [3.63, 3.8) is 0 Å². The standard InChI is InChI=1S/C25H21BrN6/c26-20-8-5-18(6-9-20)15-23-21-3-1-2-4-22(21)25(30-29-23)32-13-11-31(12-14-32)24-10-7-19(16-27)17-28-24/h1-10,17H,11-15H2. The molecule has 0 atom stereocenters. The van der Waals surface area contributed by atoms with E-state index in [1.807, 2.05) is 12.1 Å². The Kier molecular flexibility index (Phi) is 5.70. The molecule has 0 spiro atoms. The smallest absolute Gasteiger partial charge is 0.159 e. The molecule has 4 aromatic rings. The fraction of sp³-hybridized carbons (Fsp3) is 0.200. The molecule has 0 unspecified atom stereocenters. The van der Waals surface area contributed by atoms with Crippen molar-refractivity contribution in [1.82, 2.24) is 15.2 Å². The van der Waals surface area contributed by atoms with Crippen LogP contribution in [0.25, 0.3) is 10.8 Å². The van der Waals surface area contributed by atoms with Gasteiger partial charge in [-0.1, -0.05) is 52.3 Å². The molecule has 0 amide bonds. The number of aromatic nitrogens is 3. The number of anilines is 2. The van der Waals surface area contributed by atoms with Gasteiger partial charge in [-0.05, 0) is 29.8 Å². The van der Waals surface area contributed by atoms with Gasteiger partial charge >= 0.3 is 0 Å². The van der Waals surface area contributed by atoms with Gasteiger partial charge in [-0.25, -0.2) is 4.98 Å². The average molecular weight is 485 g/mol. The van der Waals surface area contributed by atoms with Crippen molar-refractivity contribution in [3.8, 4) is 6.07 Å². The summed E-state index contributed by atoms with van der Waals surface area (Å²) >= 11 is 3.50. The minimum atomic E-state index is 0.581. The van der Waals surface area contributed by atoms with Crippen LogP contribution in [0, 0.1) is 11.3 Å². The van der Waals surface area contributed by atoms with Crippen LogP contribution >= 0.6 is 15.9 Å². The summed E-state index contributed by atoms with van der Waals surface area (Å²) in [6.45, 7) is 3.37. The Labute approximate surface area is 195 Å². The molecule has 5 rings (SSSR count). The third kappa shape index (κ3) is 4.14. The number of nitrogens with zero attached hydrogens (tertiary/aromatic N) is 6. The van der Waals surface area contributed by atoms with Gasteiger partial charge in [0.25, 0.3) is 0 Å². The van der Waals surface area contributed by atoms with Crippen molar-refractivity contribution in [2.24, 2.45) is 0 Å². The summed E-state index contributed by atoms with van der Waals surface area (Å²) < 4.78 is 1.07. The van der Waals surface area contributed by atoms with Crippen LogP contribution in [0.4, 0.5) is 11.6 Å². The van der Waals surface area contributed by atoms with E-state index in [0.717, 1.165) is 65.2 Å². The molecule has 158 valence electrons. The summed E-state index contributed by atoms with van der Waals surface area (Å²) in [4.78, 5) is 8.98. The first-order chi connectivity index (χ1) is 15.7. The summed E-state index contributed by atoms with van der Waals surface area (Å²) in [6, 6.07) is 22.6. The third-order valence-electron chi connectivity index (χ3n) is 5.81. The summed E-state index contributed by atoms with van der Waals surface area (Å²) in [5, 5.41) is 20.6. The number of nitriles is 1. The van der Waals surface area contributed by atoms with E-state index in [0.29, 0.717) is 5.56 Å². The maximum Gasteiger partial charge on any atom is 0.159 e. The first kappa shape index (κ1) is 20.4. The topological polar surface area (TPSA) is 68.9 Å². The molecule has 0 saturated carbocycles. The Morgan fingerprint density at radius 2 is 1.56 bits per heavy atom. The van der Waals surface area contributed by atoms with Crippen LogP contribution < -0.4 is 9.80 Å². The molecule has 0 bridgehead atoms. The SMILES string of the molecule is N#Cc1ccc(N2CCN(c3nnc(Cc4ccc(Br)cc4)c4ccccc34)CC2)nc1. The van der Waals surface area contributed by atoms with E-state index in [4.69, 9.17) is 5.26 Å². The summed E-state index contributed by atoms with van der Waals surface area (Å²) in [5.41, 5.74) is 2.79. The molecule has 0 N–H and O–H groups in total. The van der Waals surface area contributed by atoms with E-state index in [2.05, 4.69) is 95.5 Å². The Hall–Kier alpha value is -3.50. The lowest BCUT2D eigenvalue weighted by molar-refractivity contribution is 0.639. The number of rotatable bonds is 4. The maximum absolute atomic E-state index is 8.97. The minimum absolute atomic E-state index is 0.581. The zero-order valence-electron chi connectivity index (χ0n) is 17.4. The van der Waals surface area contributed by atoms with Crippen molar-refractivity contribution < 1.29 is 0 Å². The normalized spacial score (nSPS) is 13.9. The predicted molar refractivity (Wildman–Crippen MR) is 130 cm³/mol. The van der Waals surface area contributed by atoms with E-state index < -0.39 is 0 Å². The van der Waals surface area contributed by atoms with E-state index in [1.54, 1.807) is 6.20 Å². The molecule has 2 aromatic heterocycles. The van der Waals surface area contributed by atoms with Crippen molar-refractivity contribution >= 4 is 38.3 Å². The second-order valence-electron chi connectivity index (χ2n) is 7.81. The third-order valence-corrected chi connectivity index (χ3v) is 6.34. The number of halogens is 1. The predicted octanol–water partition coefficient (Wildman–Crippen LogP) is 4.58. The first-order valence-corrected chi connectivity index (χ1v) is 11.4. The second kappa shape index (κ2) is 8.93. The molecule has 1 aliphatic rings. The van der Waals surface area contributed by atoms with Crippen LogP contribution in [0.2, 0.25) is 0 Å². The molecule has 0 aliphatic carbocycles. The van der Waals surface area contributed by atoms with Crippen LogP contribution in [-0.2, 0) is 6.42 Å². The molecule has 1 fully saturated rings. The quantitative estimate of drug-likeness (QED) is 0.422. The maximum atomic E-state index is 8.97. The lowest BCUT2D eigenvalue weighted by Crippen LogP contribution is -2.47. The van der Waals surface area contributed by atoms with Gasteiger partial charge in [-0.15, -0.1) is 5.10 Å². The first-order valence-electron chi connectivity index (χ1n) is 10.6. The summed E-state index contributed by atoms with van der Waals surface area (Å²) in [6.07, 6.45) is 2.38. The molecule has 1 aliphatic heterocycles. The Morgan fingerprint density at radius 1 is 0.844 bits per heavy atom. The van der Waals surface area contributed by atoms with Crippen molar-refractivity contribution in [1.29, 1.82) is 5.26 Å². The number of pyridine rings is 1. The number of hydrogen-bond donors (Lipinski definition) is 0. The lowest BCUT2D eigenvalue weighted by Gasteiger charge is -2.36. The van der Waals surface area contributed by atoms with Crippen LogP contribution in [0.5, 0.6) is 0 Å². The molecule has 7 heteroatoms. The molecular formula is C25H21BrN6. The molecule has 3 heterocycles.